The highest BCUT2D eigenvalue weighted by Gasteiger charge is 2.28. The average molecular weight is 278 g/mol. The molecule has 0 radical (unpaired) electrons. The van der Waals surface area contributed by atoms with Crippen LogP contribution in [0.15, 0.2) is 18.2 Å². The molecule has 1 atom stereocenters. The largest absolute Gasteiger partial charge is 0.324 e. The van der Waals surface area contributed by atoms with E-state index in [4.69, 9.17) is 16.6 Å². The standard InChI is InChI=1S/C15H20ClN3/c1-3-10(2)17-9-15-18-13-8-11(16)4-7-14(13)19(15)12-5-6-12/h4,7-8,10,12,17H,3,5-6,9H2,1-2H3. The van der Waals surface area contributed by atoms with Gasteiger partial charge in [-0.2, -0.15) is 0 Å². The van der Waals surface area contributed by atoms with Crippen LogP contribution in [0.25, 0.3) is 11.0 Å². The third-order valence-corrected chi connectivity index (χ3v) is 4.09. The van der Waals surface area contributed by atoms with E-state index in [0.717, 1.165) is 29.3 Å². The van der Waals surface area contributed by atoms with Gasteiger partial charge in [0.25, 0.3) is 0 Å². The molecule has 1 heterocycles. The third-order valence-electron chi connectivity index (χ3n) is 3.86. The average Bonchev–Trinajstić information content (AvgIpc) is 3.17. The maximum Gasteiger partial charge on any atom is 0.124 e. The lowest BCUT2D eigenvalue weighted by molar-refractivity contribution is 0.511. The van der Waals surface area contributed by atoms with Crippen LogP contribution >= 0.6 is 11.6 Å². The molecule has 1 aromatic heterocycles. The number of nitrogens with zero attached hydrogens (tertiary/aromatic N) is 2. The van der Waals surface area contributed by atoms with Gasteiger partial charge in [0.1, 0.15) is 5.82 Å². The minimum Gasteiger partial charge on any atom is -0.324 e. The molecular weight excluding hydrogens is 258 g/mol. The predicted octanol–water partition coefficient (Wildman–Crippen LogP) is 3.91. The van der Waals surface area contributed by atoms with Crippen molar-refractivity contribution in [3.05, 3.63) is 29.0 Å². The molecule has 1 aromatic carbocycles. The summed E-state index contributed by atoms with van der Waals surface area (Å²) in [4.78, 5) is 4.76. The second kappa shape index (κ2) is 5.14. The summed E-state index contributed by atoms with van der Waals surface area (Å²) in [6.45, 7) is 5.24. The van der Waals surface area contributed by atoms with E-state index < -0.39 is 0 Å². The zero-order valence-corrected chi connectivity index (χ0v) is 12.2. The summed E-state index contributed by atoms with van der Waals surface area (Å²) in [6, 6.07) is 7.17. The Balaban J connectivity index is 1.95. The highest BCUT2D eigenvalue weighted by Crippen LogP contribution is 2.39. The lowest BCUT2D eigenvalue weighted by Crippen LogP contribution is -2.26. The van der Waals surface area contributed by atoms with Crippen LogP contribution in [0.5, 0.6) is 0 Å². The van der Waals surface area contributed by atoms with Crippen LogP contribution in [0.1, 0.15) is 45.0 Å². The summed E-state index contributed by atoms with van der Waals surface area (Å²) < 4.78 is 2.39. The van der Waals surface area contributed by atoms with Gasteiger partial charge >= 0.3 is 0 Å². The Labute approximate surface area is 119 Å². The van der Waals surface area contributed by atoms with Gasteiger partial charge < -0.3 is 9.88 Å². The van der Waals surface area contributed by atoms with Gasteiger partial charge in [0.15, 0.2) is 0 Å². The fourth-order valence-corrected chi connectivity index (χ4v) is 2.56. The van der Waals surface area contributed by atoms with Gasteiger partial charge in [0.2, 0.25) is 0 Å². The van der Waals surface area contributed by atoms with Crippen molar-refractivity contribution >= 4 is 22.6 Å². The maximum absolute atomic E-state index is 6.06. The molecule has 0 saturated heterocycles. The summed E-state index contributed by atoms with van der Waals surface area (Å²) in [5, 5.41) is 4.29. The minimum atomic E-state index is 0.524. The van der Waals surface area contributed by atoms with Crippen molar-refractivity contribution in [1.82, 2.24) is 14.9 Å². The minimum absolute atomic E-state index is 0.524. The van der Waals surface area contributed by atoms with E-state index in [2.05, 4.69) is 29.8 Å². The Bertz CT molecular complexity index is 586. The van der Waals surface area contributed by atoms with Crippen LogP contribution in [0.3, 0.4) is 0 Å². The van der Waals surface area contributed by atoms with Gasteiger partial charge in [-0.1, -0.05) is 18.5 Å². The van der Waals surface area contributed by atoms with Crippen molar-refractivity contribution in [2.75, 3.05) is 0 Å². The number of benzene rings is 1. The molecule has 19 heavy (non-hydrogen) atoms. The molecule has 1 N–H and O–H groups in total. The first-order valence-electron chi connectivity index (χ1n) is 7.08. The molecule has 0 aliphatic heterocycles. The molecule has 1 fully saturated rings. The van der Waals surface area contributed by atoms with Crippen LogP contribution in [0.4, 0.5) is 0 Å². The number of rotatable bonds is 5. The maximum atomic E-state index is 6.06. The second-order valence-electron chi connectivity index (χ2n) is 5.45. The molecule has 3 rings (SSSR count). The van der Waals surface area contributed by atoms with Crippen molar-refractivity contribution in [3.63, 3.8) is 0 Å². The van der Waals surface area contributed by atoms with E-state index in [0.29, 0.717) is 12.1 Å². The lowest BCUT2D eigenvalue weighted by Gasteiger charge is -2.12. The molecule has 3 nitrogen and oxygen atoms in total. The van der Waals surface area contributed by atoms with Crippen LogP contribution in [-0.2, 0) is 6.54 Å². The van der Waals surface area contributed by atoms with Gasteiger partial charge in [0.05, 0.1) is 17.6 Å². The molecule has 4 heteroatoms. The zero-order valence-electron chi connectivity index (χ0n) is 11.5. The zero-order chi connectivity index (χ0) is 13.4. The van der Waals surface area contributed by atoms with E-state index in [1.807, 2.05) is 12.1 Å². The molecule has 1 saturated carbocycles. The van der Waals surface area contributed by atoms with Gasteiger partial charge in [-0.05, 0) is 44.4 Å². The van der Waals surface area contributed by atoms with Gasteiger partial charge in [-0.25, -0.2) is 4.98 Å². The van der Waals surface area contributed by atoms with Crippen LogP contribution in [0, 0.1) is 0 Å². The van der Waals surface area contributed by atoms with Crippen molar-refractivity contribution in [2.45, 2.75) is 51.7 Å². The number of nitrogens with one attached hydrogen (secondary N) is 1. The summed E-state index contributed by atoms with van der Waals surface area (Å²) in [5.41, 5.74) is 2.23. The monoisotopic (exact) mass is 277 g/mol. The molecule has 0 spiro atoms. The SMILES string of the molecule is CCC(C)NCc1nc2cc(Cl)ccc2n1C1CC1. The Morgan fingerprint density at radius 1 is 1.47 bits per heavy atom. The van der Waals surface area contributed by atoms with E-state index in [1.165, 1.54) is 18.4 Å². The molecule has 0 bridgehead atoms. The number of hydrogen-bond acceptors (Lipinski definition) is 2. The number of aromatic nitrogens is 2. The lowest BCUT2D eigenvalue weighted by atomic mass is 10.2. The van der Waals surface area contributed by atoms with Crippen LogP contribution in [0.2, 0.25) is 5.02 Å². The topological polar surface area (TPSA) is 29.9 Å². The van der Waals surface area contributed by atoms with E-state index in [9.17, 15) is 0 Å². The normalized spacial score (nSPS) is 17.0. The highest BCUT2D eigenvalue weighted by atomic mass is 35.5. The molecule has 0 amide bonds. The van der Waals surface area contributed by atoms with E-state index >= 15 is 0 Å². The quantitative estimate of drug-likeness (QED) is 0.898. The molecule has 2 aromatic rings. The summed E-state index contributed by atoms with van der Waals surface area (Å²) in [6.07, 6.45) is 3.67. The summed E-state index contributed by atoms with van der Waals surface area (Å²) >= 11 is 6.06. The Morgan fingerprint density at radius 2 is 2.26 bits per heavy atom. The number of fused-ring (bicyclic) bond motifs is 1. The second-order valence-corrected chi connectivity index (χ2v) is 5.89. The van der Waals surface area contributed by atoms with Crippen molar-refractivity contribution in [3.8, 4) is 0 Å². The van der Waals surface area contributed by atoms with Crippen molar-refractivity contribution < 1.29 is 0 Å². The van der Waals surface area contributed by atoms with E-state index in [-0.39, 0.29) is 0 Å². The van der Waals surface area contributed by atoms with Gasteiger partial charge in [-0.3, -0.25) is 0 Å². The fourth-order valence-electron chi connectivity index (χ4n) is 2.40. The summed E-state index contributed by atoms with van der Waals surface area (Å²) in [5.74, 6) is 1.14. The smallest absolute Gasteiger partial charge is 0.124 e. The highest BCUT2D eigenvalue weighted by molar-refractivity contribution is 6.31. The molecular formula is C15H20ClN3. The predicted molar refractivity (Wildman–Crippen MR) is 79.6 cm³/mol. The molecule has 1 aliphatic carbocycles. The Kier molecular flexibility index (Phi) is 3.50. The first-order valence-corrected chi connectivity index (χ1v) is 7.46. The Morgan fingerprint density at radius 3 is 2.95 bits per heavy atom. The van der Waals surface area contributed by atoms with Gasteiger partial charge in [-0.15, -0.1) is 0 Å². The number of halogens is 1. The molecule has 1 unspecified atom stereocenters. The van der Waals surface area contributed by atoms with Gasteiger partial charge in [0, 0.05) is 17.1 Å². The fraction of sp³-hybridized carbons (Fsp3) is 0.533. The van der Waals surface area contributed by atoms with Crippen molar-refractivity contribution in [2.24, 2.45) is 0 Å². The van der Waals surface area contributed by atoms with Crippen LogP contribution in [-0.4, -0.2) is 15.6 Å². The van der Waals surface area contributed by atoms with Crippen LogP contribution < -0.4 is 5.32 Å². The van der Waals surface area contributed by atoms with E-state index in [1.54, 1.807) is 0 Å². The third kappa shape index (κ3) is 2.63. The first-order chi connectivity index (χ1) is 9.19. The first kappa shape index (κ1) is 12.9. The summed E-state index contributed by atoms with van der Waals surface area (Å²) in [7, 11) is 0. The molecule has 1 aliphatic rings. The Hall–Kier alpha value is -1.06. The molecule has 102 valence electrons. The number of imidazole rings is 1. The van der Waals surface area contributed by atoms with Crippen molar-refractivity contribution in [1.29, 1.82) is 0 Å². The number of hydrogen-bond donors (Lipinski definition) is 1.